The van der Waals surface area contributed by atoms with E-state index in [1.54, 1.807) is 0 Å². The van der Waals surface area contributed by atoms with Gasteiger partial charge in [0.15, 0.2) is 0 Å². The Bertz CT molecular complexity index is 456. The second-order valence-corrected chi connectivity index (χ2v) is 4.72. The van der Waals surface area contributed by atoms with Gasteiger partial charge in [-0.2, -0.15) is 0 Å². The lowest BCUT2D eigenvalue weighted by molar-refractivity contribution is 0.732. The van der Waals surface area contributed by atoms with Crippen LogP contribution >= 0.6 is 0 Å². The second kappa shape index (κ2) is 5.67. The molecule has 0 nitrogen and oxygen atoms in total. The summed E-state index contributed by atoms with van der Waals surface area (Å²) >= 11 is 0. The summed E-state index contributed by atoms with van der Waals surface area (Å²) < 4.78 is 0. The molecule has 17 heavy (non-hydrogen) atoms. The van der Waals surface area contributed by atoms with Crippen LogP contribution in [0.15, 0.2) is 54.6 Å². The molecule has 0 fully saturated rings. The third-order valence-electron chi connectivity index (χ3n) is 3.38. The fraction of sp³-hybridized carbons (Fsp3) is 0.294. The van der Waals surface area contributed by atoms with Crippen LogP contribution in [0.4, 0.5) is 0 Å². The molecule has 0 spiro atoms. The van der Waals surface area contributed by atoms with Crippen molar-refractivity contribution in [3.8, 4) is 0 Å². The molecule has 0 bridgehead atoms. The van der Waals surface area contributed by atoms with Crippen LogP contribution in [0.2, 0.25) is 0 Å². The average molecular weight is 224 g/mol. The van der Waals surface area contributed by atoms with Gasteiger partial charge in [-0.15, -0.1) is 0 Å². The van der Waals surface area contributed by atoms with Crippen molar-refractivity contribution in [2.75, 3.05) is 0 Å². The van der Waals surface area contributed by atoms with Gasteiger partial charge < -0.3 is 0 Å². The first-order valence-electron chi connectivity index (χ1n) is 6.42. The average Bonchev–Trinajstić information content (AvgIpc) is 2.39. The molecule has 0 saturated carbocycles. The minimum atomic E-state index is 0.658. The van der Waals surface area contributed by atoms with Crippen molar-refractivity contribution in [3.63, 3.8) is 0 Å². The first kappa shape index (κ1) is 11.9. The summed E-state index contributed by atoms with van der Waals surface area (Å²) in [6, 6.07) is 19.6. The SMILES string of the molecule is CCC(C)c1cccc(Cc2ccccc2)c1. The predicted octanol–water partition coefficient (Wildman–Crippen LogP) is 4.79. The van der Waals surface area contributed by atoms with Crippen molar-refractivity contribution >= 4 is 0 Å². The number of hydrogen-bond acceptors (Lipinski definition) is 0. The Morgan fingerprint density at radius 1 is 0.882 bits per heavy atom. The molecule has 0 saturated heterocycles. The maximum Gasteiger partial charge on any atom is -0.00257 e. The van der Waals surface area contributed by atoms with Gasteiger partial charge in [0.25, 0.3) is 0 Å². The third-order valence-corrected chi connectivity index (χ3v) is 3.38. The van der Waals surface area contributed by atoms with E-state index in [9.17, 15) is 0 Å². The molecule has 0 aliphatic rings. The smallest absolute Gasteiger partial charge is 0.00257 e. The fourth-order valence-electron chi connectivity index (χ4n) is 2.08. The predicted molar refractivity (Wildman–Crippen MR) is 74.4 cm³/mol. The van der Waals surface area contributed by atoms with E-state index in [-0.39, 0.29) is 0 Å². The molecule has 0 amide bonds. The minimum absolute atomic E-state index is 0.658. The largest absolute Gasteiger partial charge is 0.0648 e. The van der Waals surface area contributed by atoms with E-state index in [4.69, 9.17) is 0 Å². The van der Waals surface area contributed by atoms with Crippen molar-refractivity contribution in [1.82, 2.24) is 0 Å². The van der Waals surface area contributed by atoms with E-state index in [0.29, 0.717) is 5.92 Å². The van der Waals surface area contributed by atoms with Crippen LogP contribution in [0.5, 0.6) is 0 Å². The summed E-state index contributed by atoms with van der Waals surface area (Å²) in [4.78, 5) is 0. The zero-order valence-corrected chi connectivity index (χ0v) is 10.7. The van der Waals surface area contributed by atoms with Crippen LogP contribution < -0.4 is 0 Å². The van der Waals surface area contributed by atoms with E-state index in [2.05, 4.69) is 68.4 Å². The number of rotatable bonds is 4. The van der Waals surface area contributed by atoms with Crippen LogP contribution in [0, 0.1) is 0 Å². The topological polar surface area (TPSA) is 0 Å². The van der Waals surface area contributed by atoms with Crippen molar-refractivity contribution in [2.24, 2.45) is 0 Å². The maximum absolute atomic E-state index is 2.35. The van der Waals surface area contributed by atoms with E-state index < -0.39 is 0 Å². The Balaban J connectivity index is 2.17. The molecule has 88 valence electrons. The number of hydrogen-bond donors (Lipinski definition) is 0. The molecule has 2 rings (SSSR count). The summed E-state index contributed by atoms with van der Waals surface area (Å²) in [5.41, 5.74) is 4.25. The van der Waals surface area contributed by atoms with Crippen LogP contribution in [-0.2, 0) is 6.42 Å². The molecule has 2 aromatic rings. The standard InChI is InChI=1S/C17H20/c1-3-14(2)17-11-7-10-16(13-17)12-15-8-5-4-6-9-15/h4-11,13-14H,3,12H2,1-2H3. The Morgan fingerprint density at radius 2 is 1.59 bits per heavy atom. The summed E-state index contributed by atoms with van der Waals surface area (Å²) in [5, 5.41) is 0. The van der Waals surface area contributed by atoms with Gasteiger partial charge in [0.2, 0.25) is 0 Å². The first-order valence-corrected chi connectivity index (χ1v) is 6.42. The highest BCUT2D eigenvalue weighted by atomic mass is 14.1. The van der Waals surface area contributed by atoms with Gasteiger partial charge in [-0.25, -0.2) is 0 Å². The zero-order chi connectivity index (χ0) is 12.1. The highest BCUT2D eigenvalue weighted by Gasteiger charge is 2.03. The molecule has 0 aliphatic carbocycles. The monoisotopic (exact) mass is 224 g/mol. The molecule has 0 N–H and O–H groups in total. The van der Waals surface area contributed by atoms with Gasteiger partial charge >= 0.3 is 0 Å². The highest BCUT2D eigenvalue weighted by Crippen LogP contribution is 2.20. The Morgan fingerprint density at radius 3 is 2.29 bits per heavy atom. The van der Waals surface area contributed by atoms with E-state index in [1.807, 2.05) is 0 Å². The molecule has 0 heterocycles. The van der Waals surface area contributed by atoms with Crippen molar-refractivity contribution < 1.29 is 0 Å². The molecule has 0 heteroatoms. The van der Waals surface area contributed by atoms with Crippen molar-refractivity contribution in [1.29, 1.82) is 0 Å². The quantitative estimate of drug-likeness (QED) is 0.700. The molecule has 0 radical (unpaired) electrons. The maximum atomic E-state index is 2.35. The highest BCUT2D eigenvalue weighted by molar-refractivity contribution is 5.30. The summed E-state index contributed by atoms with van der Waals surface area (Å²) in [5.74, 6) is 0.658. The molecule has 1 atom stereocenters. The molecule has 0 aliphatic heterocycles. The van der Waals surface area contributed by atoms with Crippen LogP contribution in [-0.4, -0.2) is 0 Å². The normalized spacial score (nSPS) is 12.4. The summed E-state index contributed by atoms with van der Waals surface area (Å²) in [6.45, 7) is 4.54. The lowest BCUT2D eigenvalue weighted by Gasteiger charge is -2.10. The van der Waals surface area contributed by atoms with E-state index in [0.717, 1.165) is 6.42 Å². The Hall–Kier alpha value is -1.56. The third kappa shape index (κ3) is 3.20. The van der Waals surface area contributed by atoms with Gasteiger partial charge in [0.1, 0.15) is 0 Å². The lowest BCUT2D eigenvalue weighted by atomic mass is 9.95. The van der Waals surface area contributed by atoms with Gasteiger partial charge in [0.05, 0.1) is 0 Å². The Labute approximate surface area is 104 Å². The van der Waals surface area contributed by atoms with E-state index >= 15 is 0 Å². The molecule has 0 aromatic heterocycles. The van der Waals surface area contributed by atoms with Crippen molar-refractivity contribution in [3.05, 3.63) is 71.3 Å². The zero-order valence-electron chi connectivity index (χ0n) is 10.7. The second-order valence-electron chi connectivity index (χ2n) is 4.72. The van der Waals surface area contributed by atoms with Crippen LogP contribution in [0.3, 0.4) is 0 Å². The molecule has 1 unspecified atom stereocenters. The molecular weight excluding hydrogens is 204 g/mol. The van der Waals surface area contributed by atoms with Crippen LogP contribution in [0.25, 0.3) is 0 Å². The summed E-state index contributed by atoms with van der Waals surface area (Å²) in [7, 11) is 0. The number of benzene rings is 2. The minimum Gasteiger partial charge on any atom is -0.0648 e. The van der Waals surface area contributed by atoms with Gasteiger partial charge in [0, 0.05) is 0 Å². The van der Waals surface area contributed by atoms with Gasteiger partial charge in [-0.3, -0.25) is 0 Å². The lowest BCUT2D eigenvalue weighted by Crippen LogP contribution is -1.94. The van der Waals surface area contributed by atoms with Crippen LogP contribution in [0.1, 0.15) is 42.9 Å². The molecular formula is C17H20. The van der Waals surface area contributed by atoms with Gasteiger partial charge in [-0.1, -0.05) is 68.4 Å². The van der Waals surface area contributed by atoms with Crippen molar-refractivity contribution in [2.45, 2.75) is 32.6 Å². The first-order chi connectivity index (χ1) is 8.29. The van der Waals surface area contributed by atoms with Gasteiger partial charge in [-0.05, 0) is 35.4 Å². The Kier molecular flexibility index (Phi) is 3.98. The fourth-order valence-corrected chi connectivity index (χ4v) is 2.08. The summed E-state index contributed by atoms with van der Waals surface area (Å²) in [6.07, 6.45) is 2.24. The molecule has 2 aromatic carbocycles. The van der Waals surface area contributed by atoms with E-state index in [1.165, 1.54) is 23.1 Å².